The van der Waals surface area contributed by atoms with E-state index in [-0.39, 0.29) is 23.2 Å². The second-order valence-corrected chi connectivity index (χ2v) is 5.68. The summed E-state index contributed by atoms with van der Waals surface area (Å²) in [4.78, 5) is 15.3. The lowest BCUT2D eigenvalue weighted by Crippen LogP contribution is -2.14. The smallest absolute Gasteiger partial charge is 0.228 e. The molecule has 0 saturated carbocycles. The van der Waals surface area contributed by atoms with Crippen molar-refractivity contribution < 1.29 is 13.6 Å². The van der Waals surface area contributed by atoms with Crippen LogP contribution in [0.1, 0.15) is 11.3 Å². The fraction of sp³-hybridized carbons (Fsp3) is 0.118. The summed E-state index contributed by atoms with van der Waals surface area (Å²) in [6.07, 6.45) is 0.0737. The van der Waals surface area contributed by atoms with Crippen molar-refractivity contribution in [1.29, 1.82) is 0 Å². The van der Waals surface area contributed by atoms with Crippen LogP contribution in [0, 0.1) is 18.6 Å². The van der Waals surface area contributed by atoms with Crippen molar-refractivity contribution in [2.75, 3.05) is 5.32 Å². The zero-order valence-electron chi connectivity index (χ0n) is 12.2. The lowest BCUT2D eigenvalue weighted by molar-refractivity contribution is -0.115. The van der Waals surface area contributed by atoms with Crippen LogP contribution in [0.5, 0.6) is 0 Å². The predicted octanol–water partition coefficient (Wildman–Crippen LogP) is 4.59. The maximum absolute atomic E-state index is 13.4. The number of rotatable bonds is 3. The summed E-state index contributed by atoms with van der Waals surface area (Å²) in [7, 11) is 0. The van der Waals surface area contributed by atoms with Crippen LogP contribution in [0.2, 0.25) is 5.02 Å². The number of H-pyrrole nitrogens is 1. The fourth-order valence-corrected chi connectivity index (χ4v) is 2.70. The summed E-state index contributed by atoms with van der Waals surface area (Å²) in [6, 6.07) is 8.36. The molecule has 2 N–H and O–H groups in total. The van der Waals surface area contributed by atoms with Crippen LogP contribution in [0.15, 0.2) is 36.4 Å². The number of hydrogen-bond acceptors (Lipinski definition) is 1. The lowest BCUT2D eigenvalue weighted by Gasteiger charge is -2.06. The summed E-state index contributed by atoms with van der Waals surface area (Å²) in [5.74, 6) is -1.20. The van der Waals surface area contributed by atoms with Gasteiger partial charge in [-0.1, -0.05) is 11.6 Å². The average molecular weight is 335 g/mol. The molecule has 0 radical (unpaired) electrons. The van der Waals surface area contributed by atoms with Crippen molar-refractivity contribution in [2.45, 2.75) is 13.3 Å². The molecule has 3 aromatic rings. The second kappa shape index (κ2) is 6.01. The van der Waals surface area contributed by atoms with E-state index >= 15 is 0 Å². The van der Waals surface area contributed by atoms with Crippen LogP contribution in [0.4, 0.5) is 14.5 Å². The van der Waals surface area contributed by atoms with E-state index in [4.69, 9.17) is 11.6 Å². The summed E-state index contributed by atoms with van der Waals surface area (Å²) in [6.45, 7) is 1.83. The number of nitrogens with one attached hydrogen (secondary N) is 2. The van der Waals surface area contributed by atoms with Gasteiger partial charge < -0.3 is 10.3 Å². The Morgan fingerprint density at radius 1 is 1.22 bits per heavy atom. The highest BCUT2D eigenvalue weighted by molar-refractivity contribution is 6.31. The van der Waals surface area contributed by atoms with Gasteiger partial charge in [-0.3, -0.25) is 4.79 Å². The molecule has 0 unspecified atom stereocenters. The van der Waals surface area contributed by atoms with Gasteiger partial charge in [0.15, 0.2) is 0 Å². The Bertz CT molecular complexity index is 905. The molecule has 0 saturated heterocycles. The minimum Gasteiger partial charge on any atom is -0.358 e. The summed E-state index contributed by atoms with van der Waals surface area (Å²) < 4.78 is 26.6. The highest BCUT2D eigenvalue weighted by atomic mass is 35.5. The van der Waals surface area contributed by atoms with Gasteiger partial charge in [-0.15, -0.1) is 0 Å². The third kappa shape index (κ3) is 3.19. The monoisotopic (exact) mass is 334 g/mol. The number of carbonyl (C=O) groups excluding carboxylic acids is 1. The third-order valence-corrected chi connectivity index (χ3v) is 3.91. The van der Waals surface area contributed by atoms with Gasteiger partial charge in [-0.25, -0.2) is 8.78 Å². The van der Waals surface area contributed by atoms with Gasteiger partial charge in [-0.05, 0) is 48.9 Å². The number of aromatic nitrogens is 1. The van der Waals surface area contributed by atoms with Crippen LogP contribution < -0.4 is 5.32 Å². The molecule has 0 aliphatic carbocycles. The largest absolute Gasteiger partial charge is 0.358 e. The molecule has 6 heteroatoms. The number of amides is 1. The van der Waals surface area contributed by atoms with Gasteiger partial charge in [0.2, 0.25) is 5.91 Å². The highest BCUT2D eigenvalue weighted by Gasteiger charge is 2.14. The number of fused-ring (bicyclic) bond motifs is 1. The molecule has 0 atom stereocenters. The van der Waals surface area contributed by atoms with Crippen LogP contribution in [0.3, 0.4) is 0 Å². The molecular formula is C17H13ClF2N2O. The number of aromatic amines is 1. The molecule has 118 valence electrons. The highest BCUT2D eigenvalue weighted by Crippen LogP contribution is 2.24. The fourth-order valence-electron chi connectivity index (χ4n) is 2.52. The van der Waals surface area contributed by atoms with E-state index in [9.17, 15) is 13.6 Å². The molecule has 0 bridgehead atoms. The number of halogens is 3. The minimum absolute atomic E-state index is 0.0619. The summed E-state index contributed by atoms with van der Waals surface area (Å²) in [5.41, 5.74) is 2.71. The van der Waals surface area contributed by atoms with Crippen molar-refractivity contribution in [2.24, 2.45) is 0 Å². The number of anilines is 1. The van der Waals surface area contributed by atoms with E-state index in [0.29, 0.717) is 11.1 Å². The third-order valence-electron chi connectivity index (χ3n) is 3.62. The first-order chi connectivity index (χ1) is 10.9. The summed E-state index contributed by atoms with van der Waals surface area (Å²) >= 11 is 5.69. The normalized spacial score (nSPS) is 11.0. The maximum Gasteiger partial charge on any atom is 0.228 e. The van der Waals surface area contributed by atoms with Crippen LogP contribution >= 0.6 is 11.6 Å². The van der Waals surface area contributed by atoms with Gasteiger partial charge in [0.25, 0.3) is 0 Å². The van der Waals surface area contributed by atoms with E-state index < -0.39 is 5.82 Å². The van der Waals surface area contributed by atoms with Gasteiger partial charge >= 0.3 is 0 Å². The van der Waals surface area contributed by atoms with Gasteiger partial charge in [0.1, 0.15) is 11.6 Å². The molecule has 23 heavy (non-hydrogen) atoms. The molecule has 1 amide bonds. The number of carbonyl (C=O) groups is 1. The molecule has 0 spiro atoms. The Hall–Kier alpha value is -2.40. The molecule has 3 rings (SSSR count). The van der Waals surface area contributed by atoms with Crippen LogP contribution in [0.25, 0.3) is 10.9 Å². The van der Waals surface area contributed by atoms with E-state index in [1.54, 1.807) is 6.07 Å². The van der Waals surface area contributed by atoms with Crippen molar-refractivity contribution in [3.63, 3.8) is 0 Å². The molecular weight excluding hydrogens is 322 g/mol. The molecule has 0 fully saturated rings. The van der Waals surface area contributed by atoms with E-state index in [0.717, 1.165) is 16.8 Å². The SMILES string of the molecule is Cc1[nH]c2ccc(F)cc2c1CC(=O)Nc1ccc(F)c(Cl)c1. The van der Waals surface area contributed by atoms with Gasteiger partial charge in [-0.2, -0.15) is 0 Å². The van der Waals surface area contributed by atoms with Crippen molar-refractivity contribution >= 4 is 34.1 Å². The van der Waals surface area contributed by atoms with Crippen molar-refractivity contribution in [3.8, 4) is 0 Å². The topological polar surface area (TPSA) is 44.9 Å². The molecule has 3 nitrogen and oxygen atoms in total. The molecule has 1 aromatic heterocycles. The zero-order valence-corrected chi connectivity index (χ0v) is 13.0. The average Bonchev–Trinajstić information content (AvgIpc) is 2.79. The van der Waals surface area contributed by atoms with E-state index in [2.05, 4.69) is 10.3 Å². The second-order valence-electron chi connectivity index (χ2n) is 5.27. The molecule has 2 aromatic carbocycles. The lowest BCUT2D eigenvalue weighted by atomic mass is 10.1. The molecule has 0 aliphatic rings. The number of benzene rings is 2. The molecule has 0 aliphatic heterocycles. The standard InChI is InChI=1S/C17H13ClF2N2O/c1-9-12(13-6-10(19)2-5-16(13)21-9)8-17(23)22-11-3-4-15(20)14(18)7-11/h2-7,21H,8H2,1H3,(H,22,23). The minimum atomic E-state index is -0.549. The Kier molecular flexibility index (Phi) is 4.05. The first-order valence-electron chi connectivity index (χ1n) is 6.95. The van der Waals surface area contributed by atoms with Crippen LogP contribution in [-0.4, -0.2) is 10.9 Å². The van der Waals surface area contributed by atoms with E-state index in [1.165, 1.54) is 30.3 Å². The molecule has 1 heterocycles. The zero-order chi connectivity index (χ0) is 16.6. The Labute approximate surface area is 136 Å². The Morgan fingerprint density at radius 3 is 2.74 bits per heavy atom. The van der Waals surface area contributed by atoms with Crippen molar-refractivity contribution in [1.82, 2.24) is 4.98 Å². The Balaban J connectivity index is 1.84. The van der Waals surface area contributed by atoms with E-state index in [1.807, 2.05) is 6.92 Å². The first kappa shape index (κ1) is 15.5. The number of hydrogen-bond donors (Lipinski definition) is 2. The maximum atomic E-state index is 13.4. The van der Waals surface area contributed by atoms with Crippen molar-refractivity contribution in [3.05, 3.63) is 64.3 Å². The van der Waals surface area contributed by atoms with Gasteiger partial charge in [0.05, 0.1) is 11.4 Å². The quantitative estimate of drug-likeness (QED) is 0.723. The van der Waals surface area contributed by atoms with Gasteiger partial charge in [0, 0.05) is 22.3 Å². The Morgan fingerprint density at radius 2 is 2.00 bits per heavy atom. The first-order valence-corrected chi connectivity index (χ1v) is 7.33. The number of aryl methyl sites for hydroxylation is 1. The predicted molar refractivity (Wildman–Crippen MR) is 86.7 cm³/mol. The van der Waals surface area contributed by atoms with Crippen LogP contribution in [-0.2, 0) is 11.2 Å². The summed E-state index contributed by atoms with van der Waals surface area (Å²) in [5, 5.41) is 3.27.